The molecule has 109 heavy (non-hydrogen) atoms. The number of esters is 3. The molecule has 0 aromatic rings. The third kappa shape index (κ3) is 83.7. The van der Waals surface area contributed by atoms with E-state index >= 15 is 0 Å². The summed E-state index contributed by atoms with van der Waals surface area (Å²) in [4.78, 5) is 58.8. The molecule has 0 aliphatic carbocycles. The molecule has 5 unspecified atom stereocenters. The van der Waals surface area contributed by atoms with Crippen LogP contribution in [0.2, 0.25) is 0 Å². The minimum Gasteiger partial charge on any atom is -0.463 e. The molecule has 5 atom stereocenters. The molecule has 4 N–H and O–H groups in total. The summed E-state index contributed by atoms with van der Waals surface area (Å²) in [5, 5.41) is 20.7. The van der Waals surface area contributed by atoms with Gasteiger partial charge in [-0.1, -0.05) is 332 Å². The average molecular weight is 1560 g/mol. The molecule has 0 aromatic heterocycles. The lowest BCUT2D eigenvalue weighted by molar-refractivity contribution is -0.161. The number of phosphoric acid groups is 2. The van der Waals surface area contributed by atoms with E-state index < -0.39 is 91.5 Å². The number of carbonyl (C=O) groups is 3. The van der Waals surface area contributed by atoms with Crippen LogP contribution in [0.1, 0.15) is 329 Å². The number of unbranched alkanes of at least 4 members (excludes halogenated alkanes) is 28. The van der Waals surface area contributed by atoms with Crippen LogP contribution in [0.15, 0.2) is 170 Å². The van der Waals surface area contributed by atoms with Crippen molar-refractivity contribution in [2.75, 3.05) is 39.6 Å². The van der Waals surface area contributed by atoms with E-state index in [1.54, 1.807) is 0 Å². The van der Waals surface area contributed by atoms with Crippen molar-refractivity contribution in [3.8, 4) is 0 Å². The predicted molar refractivity (Wildman–Crippen MR) is 454 cm³/mol. The Morgan fingerprint density at radius 3 is 0.798 bits per heavy atom. The number of aliphatic hydroxyl groups excluding tert-OH is 2. The lowest BCUT2D eigenvalue weighted by Gasteiger charge is -2.21. The smallest absolute Gasteiger partial charge is 0.463 e. The maximum absolute atomic E-state index is 13.0. The molecule has 0 saturated heterocycles. The molecule has 0 aliphatic heterocycles. The maximum Gasteiger partial charge on any atom is 0.472 e. The van der Waals surface area contributed by atoms with Gasteiger partial charge in [0.1, 0.15) is 25.4 Å². The summed E-state index contributed by atoms with van der Waals surface area (Å²) in [7, 11) is -9.83. The molecule has 622 valence electrons. The third-order valence-electron chi connectivity index (χ3n) is 17.4. The fourth-order valence-corrected chi connectivity index (χ4v) is 12.6. The number of carbonyl (C=O) groups excluding carboxylic acids is 3. The van der Waals surface area contributed by atoms with E-state index in [1.807, 2.05) is 12.2 Å². The van der Waals surface area contributed by atoms with Crippen molar-refractivity contribution < 1.29 is 75.8 Å². The van der Waals surface area contributed by atoms with Crippen LogP contribution < -0.4 is 0 Å². The molecular formula is C91H152O16P2. The molecule has 0 amide bonds. The Hall–Kier alpha value is -5.09. The molecule has 0 bridgehead atoms. The fourth-order valence-electron chi connectivity index (χ4n) is 11.0. The Labute approximate surface area is 662 Å². The summed E-state index contributed by atoms with van der Waals surface area (Å²) in [6.45, 7) is 2.36. The molecule has 18 heteroatoms. The minimum absolute atomic E-state index is 0.0206. The summed E-state index contributed by atoms with van der Waals surface area (Å²) in [5.41, 5.74) is 0. The van der Waals surface area contributed by atoms with E-state index in [1.165, 1.54) is 122 Å². The Bertz CT molecular complexity index is 2660. The van der Waals surface area contributed by atoms with E-state index in [0.717, 1.165) is 141 Å². The number of allylic oxidation sites excluding steroid dienone is 28. The zero-order valence-electron chi connectivity index (χ0n) is 68.2. The van der Waals surface area contributed by atoms with Crippen molar-refractivity contribution in [3.63, 3.8) is 0 Å². The lowest BCUT2D eigenvalue weighted by atomic mass is 10.0. The highest BCUT2D eigenvalue weighted by Crippen LogP contribution is 2.45. The zero-order valence-corrected chi connectivity index (χ0v) is 70.0. The highest BCUT2D eigenvalue weighted by Gasteiger charge is 2.29. The predicted octanol–water partition coefficient (Wildman–Crippen LogP) is 25.5. The molecule has 0 spiro atoms. The van der Waals surface area contributed by atoms with Gasteiger partial charge >= 0.3 is 33.6 Å². The van der Waals surface area contributed by atoms with Gasteiger partial charge in [0.15, 0.2) is 6.10 Å². The van der Waals surface area contributed by atoms with E-state index in [-0.39, 0.29) is 19.3 Å². The third-order valence-corrected chi connectivity index (χ3v) is 19.3. The van der Waals surface area contributed by atoms with Crippen molar-refractivity contribution >= 4 is 33.6 Å². The zero-order chi connectivity index (χ0) is 79.4. The highest BCUT2D eigenvalue weighted by atomic mass is 31.2. The van der Waals surface area contributed by atoms with Gasteiger partial charge in [0.25, 0.3) is 0 Å². The Morgan fingerprint density at radius 1 is 0.266 bits per heavy atom. The van der Waals surface area contributed by atoms with E-state index in [9.17, 15) is 43.5 Å². The second-order valence-electron chi connectivity index (χ2n) is 27.9. The molecule has 0 aromatic carbocycles. The SMILES string of the molecule is CC/C=C\C/C=C\C/C=C\C/C=C\C/C=C\CCCCCCCCCCCCCC(=O)OCC(COP(=O)(O)OCC(O)COP(=O)(O)OCC(O)COC(=O)CCCCCCCCCCCCCCC/C=C\C/C=C\C/C=C\C/C=C\CCCCC)OC(=O)CCC/C=C\C/C=C\C/C=C\C/C=C\C/C=C\CC. The first-order valence-corrected chi connectivity index (χ1v) is 45.4. The molecule has 16 nitrogen and oxygen atoms in total. The van der Waals surface area contributed by atoms with Crippen LogP contribution in [0.5, 0.6) is 0 Å². The van der Waals surface area contributed by atoms with Crippen molar-refractivity contribution in [3.05, 3.63) is 170 Å². The summed E-state index contributed by atoms with van der Waals surface area (Å²) < 4.78 is 61.2. The first kappa shape index (κ1) is 104. The van der Waals surface area contributed by atoms with Gasteiger partial charge < -0.3 is 34.2 Å². The standard InChI is InChI=1S/C91H152O16P2/c1-4-7-10-13-16-19-22-25-28-31-33-35-37-39-41-42-44-46-47-49-51-54-56-59-62-65-68-71-74-77-89(94)101-80-86(92)81-103-108(97,98)104-82-87(93)83-105-109(99,100)106-85-88(107-91(96)79-76-73-70-67-64-61-58-53-30-27-24-21-18-15-12-9-6-3)84-102-90(95)78-75-72-69-66-63-60-57-55-52-50-48-45-43-40-38-36-34-32-29-26-23-20-17-14-11-8-5-2/h8-9,11-12,16-21,25-30,33-36,39-41,43,58,61,67,70,86-88,92-93H,4-7,10,13-15,22-24,31-32,37-38,42,44-57,59-60,62-66,68-69,71-85H2,1-3H3,(H,97,98)(H,99,100)/b11-8-,12-9-,19-16-,20-17-,21-18-,28-25-,29-26-,30-27-,35-33-,36-34-,41-39-,43-40-,61-58-,70-67-. The minimum atomic E-state index is -4.96. The van der Waals surface area contributed by atoms with Crippen LogP contribution in [-0.2, 0) is 55.8 Å². The number of hydrogen-bond donors (Lipinski definition) is 4. The highest BCUT2D eigenvalue weighted by molar-refractivity contribution is 7.47. The summed E-state index contributed by atoms with van der Waals surface area (Å²) in [6, 6.07) is 0. The van der Waals surface area contributed by atoms with Crippen LogP contribution >= 0.6 is 15.6 Å². The first-order valence-electron chi connectivity index (χ1n) is 42.4. The van der Waals surface area contributed by atoms with Crippen LogP contribution in [0.3, 0.4) is 0 Å². The normalized spacial score (nSPS) is 14.7. The van der Waals surface area contributed by atoms with E-state index in [0.29, 0.717) is 25.7 Å². The maximum atomic E-state index is 13.0. The second-order valence-corrected chi connectivity index (χ2v) is 30.8. The van der Waals surface area contributed by atoms with Crippen molar-refractivity contribution in [2.45, 2.75) is 347 Å². The monoisotopic (exact) mass is 1560 g/mol. The topological polar surface area (TPSA) is 231 Å². The first-order chi connectivity index (χ1) is 53.2. The van der Waals surface area contributed by atoms with Gasteiger partial charge in [-0.15, -0.1) is 0 Å². The van der Waals surface area contributed by atoms with Gasteiger partial charge in [-0.2, -0.15) is 0 Å². The molecule has 0 saturated carbocycles. The van der Waals surface area contributed by atoms with Crippen LogP contribution in [0.4, 0.5) is 0 Å². The summed E-state index contributed by atoms with van der Waals surface area (Å²) >= 11 is 0. The average Bonchev–Trinajstić information content (AvgIpc) is 0.960. The Balaban J connectivity index is 4.60. The van der Waals surface area contributed by atoms with Crippen LogP contribution in [0, 0.1) is 0 Å². The van der Waals surface area contributed by atoms with Gasteiger partial charge in [-0.25, -0.2) is 9.13 Å². The number of ether oxygens (including phenoxy) is 3. The largest absolute Gasteiger partial charge is 0.472 e. The molecule has 0 heterocycles. The summed E-state index contributed by atoms with van der Waals surface area (Å²) in [5.74, 6) is -1.65. The summed E-state index contributed by atoms with van der Waals surface area (Å²) in [6.07, 6.45) is 106. The number of hydrogen-bond acceptors (Lipinski definition) is 14. The number of rotatable bonds is 79. The van der Waals surface area contributed by atoms with Crippen LogP contribution in [0.25, 0.3) is 0 Å². The van der Waals surface area contributed by atoms with E-state index in [4.69, 9.17) is 32.3 Å². The van der Waals surface area contributed by atoms with E-state index in [2.05, 4.69) is 179 Å². The van der Waals surface area contributed by atoms with Gasteiger partial charge in [-0.3, -0.25) is 32.5 Å². The Kier molecular flexibility index (Phi) is 78.5. The van der Waals surface area contributed by atoms with Gasteiger partial charge in [-0.05, 0) is 148 Å². The van der Waals surface area contributed by atoms with Crippen molar-refractivity contribution in [2.24, 2.45) is 0 Å². The fraction of sp³-hybridized carbons (Fsp3) is 0.659. The van der Waals surface area contributed by atoms with Gasteiger partial charge in [0.05, 0.1) is 26.4 Å². The number of phosphoric ester groups is 2. The second kappa shape index (κ2) is 82.4. The molecule has 0 rings (SSSR count). The molecule has 0 fully saturated rings. The molecular weight excluding hydrogens is 1410 g/mol. The quantitative estimate of drug-likeness (QED) is 0.0146. The van der Waals surface area contributed by atoms with Crippen molar-refractivity contribution in [1.29, 1.82) is 0 Å². The van der Waals surface area contributed by atoms with Crippen LogP contribution in [-0.4, -0.2) is 95.9 Å². The molecule has 0 radical (unpaired) electrons. The van der Waals surface area contributed by atoms with Crippen molar-refractivity contribution in [1.82, 2.24) is 0 Å². The Morgan fingerprint density at radius 2 is 0.495 bits per heavy atom. The molecule has 0 aliphatic rings. The lowest BCUT2D eigenvalue weighted by Crippen LogP contribution is -2.30. The van der Waals surface area contributed by atoms with Gasteiger partial charge in [0.2, 0.25) is 0 Å². The van der Waals surface area contributed by atoms with Gasteiger partial charge in [0, 0.05) is 19.3 Å². The number of aliphatic hydroxyl groups is 2.